The highest BCUT2D eigenvalue weighted by Crippen LogP contribution is 2.47. The first kappa shape index (κ1) is 18.3. The van der Waals surface area contributed by atoms with Gasteiger partial charge in [0.15, 0.2) is 0 Å². The van der Waals surface area contributed by atoms with Gasteiger partial charge in [-0.15, -0.1) is 0 Å². The Hall–Kier alpha value is -2.53. The zero-order valence-corrected chi connectivity index (χ0v) is 15.3. The summed E-state index contributed by atoms with van der Waals surface area (Å²) in [7, 11) is 0. The van der Waals surface area contributed by atoms with Crippen LogP contribution in [0.25, 0.3) is 0 Å². The fourth-order valence-electron chi connectivity index (χ4n) is 2.72. The number of carbonyl (C=O) groups excluding carboxylic acids is 2. The fraction of sp³-hybridized carbons (Fsp3) is 0.300. The van der Waals surface area contributed by atoms with Crippen molar-refractivity contribution in [1.82, 2.24) is 5.32 Å². The van der Waals surface area contributed by atoms with Crippen LogP contribution in [-0.2, 0) is 16.1 Å². The number of hydrogen-bond donors (Lipinski definition) is 2. The van der Waals surface area contributed by atoms with Gasteiger partial charge in [-0.3, -0.25) is 9.59 Å². The van der Waals surface area contributed by atoms with Crippen LogP contribution in [0.2, 0.25) is 5.02 Å². The molecule has 6 heteroatoms. The summed E-state index contributed by atoms with van der Waals surface area (Å²) < 4.78 is 5.38. The first-order valence-corrected chi connectivity index (χ1v) is 8.99. The number of ether oxygens (including phenoxy) is 1. The van der Waals surface area contributed by atoms with Crippen LogP contribution in [0.15, 0.2) is 48.5 Å². The van der Waals surface area contributed by atoms with Crippen molar-refractivity contribution in [2.75, 3.05) is 11.9 Å². The quantitative estimate of drug-likeness (QED) is 0.727. The highest BCUT2D eigenvalue weighted by Gasteiger charge is 2.56. The predicted molar refractivity (Wildman–Crippen MR) is 101 cm³/mol. The molecule has 0 heterocycles. The van der Waals surface area contributed by atoms with Crippen molar-refractivity contribution in [2.45, 2.75) is 26.3 Å². The Morgan fingerprint density at radius 2 is 1.77 bits per heavy atom. The molecule has 136 valence electrons. The Morgan fingerprint density at radius 3 is 2.38 bits per heavy atom. The number of halogens is 1. The summed E-state index contributed by atoms with van der Waals surface area (Å²) in [6.45, 7) is 2.80. The van der Waals surface area contributed by atoms with Gasteiger partial charge < -0.3 is 15.4 Å². The molecular weight excluding hydrogens is 352 g/mol. The second kappa shape index (κ2) is 7.79. The van der Waals surface area contributed by atoms with Gasteiger partial charge in [0.25, 0.3) is 0 Å². The van der Waals surface area contributed by atoms with Crippen molar-refractivity contribution in [3.63, 3.8) is 0 Å². The van der Waals surface area contributed by atoms with E-state index in [2.05, 4.69) is 10.6 Å². The maximum Gasteiger partial charge on any atom is 0.240 e. The SMILES string of the molecule is CCOc1ccc(NC(=O)C2(C(=O)NCc3ccccc3Cl)CC2)cc1. The van der Waals surface area contributed by atoms with E-state index in [1.54, 1.807) is 30.3 Å². The second-order valence-corrected chi connectivity index (χ2v) is 6.67. The van der Waals surface area contributed by atoms with Crippen molar-refractivity contribution in [3.05, 3.63) is 59.1 Å². The van der Waals surface area contributed by atoms with E-state index in [9.17, 15) is 9.59 Å². The monoisotopic (exact) mass is 372 g/mol. The number of carbonyl (C=O) groups is 2. The number of anilines is 1. The topological polar surface area (TPSA) is 67.4 Å². The van der Waals surface area contributed by atoms with Gasteiger partial charge in [0, 0.05) is 17.3 Å². The summed E-state index contributed by atoms with van der Waals surface area (Å²) in [6.07, 6.45) is 1.09. The number of amides is 2. The van der Waals surface area contributed by atoms with Gasteiger partial charge >= 0.3 is 0 Å². The molecule has 3 rings (SSSR count). The van der Waals surface area contributed by atoms with E-state index in [0.29, 0.717) is 36.7 Å². The van der Waals surface area contributed by atoms with Crippen molar-refractivity contribution in [2.24, 2.45) is 5.41 Å². The fourth-order valence-corrected chi connectivity index (χ4v) is 2.92. The lowest BCUT2D eigenvalue weighted by Crippen LogP contribution is -2.39. The van der Waals surface area contributed by atoms with Gasteiger partial charge in [-0.1, -0.05) is 29.8 Å². The summed E-state index contributed by atoms with van der Waals surface area (Å²) in [4.78, 5) is 25.1. The third-order valence-electron chi connectivity index (χ3n) is 4.44. The van der Waals surface area contributed by atoms with E-state index >= 15 is 0 Å². The standard InChI is InChI=1S/C20H21ClN2O3/c1-2-26-16-9-7-15(8-10-16)23-19(25)20(11-12-20)18(24)22-13-14-5-3-4-6-17(14)21/h3-10H,2,11-13H2,1H3,(H,22,24)(H,23,25). The Morgan fingerprint density at radius 1 is 1.08 bits per heavy atom. The largest absolute Gasteiger partial charge is 0.494 e. The Balaban J connectivity index is 1.59. The molecule has 26 heavy (non-hydrogen) atoms. The summed E-state index contributed by atoms with van der Waals surface area (Å²) in [5.41, 5.74) is 0.480. The predicted octanol–water partition coefficient (Wildman–Crippen LogP) is 3.77. The normalized spacial score (nSPS) is 14.4. The lowest BCUT2D eigenvalue weighted by Gasteiger charge is -2.16. The summed E-state index contributed by atoms with van der Waals surface area (Å²) in [5.74, 6) is 0.197. The molecule has 1 saturated carbocycles. The Kier molecular flexibility index (Phi) is 5.47. The molecule has 0 aliphatic heterocycles. The van der Waals surface area contributed by atoms with Crippen LogP contribution in [0, 0.1) is 5.41 Å². The molecule has 0 saturated heterocycles. The lowest BCUT2D eigenvalue weighted by atomic mass is 10.0. The molecule has 1 fully saturated rings. The zero-order valence-electron chi connectivity index (χ0n) is 14.5. The van der Waals surface area contributed by atoms with Gasteiger partial charge in [0.2, 0.25) is 11.8 Å². The van der Waals surface area contributed by atoms with Crippen LogP contribution in [0.3, 0.4) is 0 Å². The van der Waals surface area contributed by atoms with E-state index in [0.717, 1.165) is 11.3 Å². The molecular formula is C20H21ClN2O3. The summed E-state index contributed by atoms with van der Waals surface area (Å²) >= 11 is 6.10. The maximum atomic E-state index is 12.6. The molecule has 0 radical (unpaired) electrons. The van der Waals surface area contributed by atoms with Crippen LogP contribution in [0.1, 0.15) is 25.3 Å². The van der Waals surface area contributed by atoms with Crippen LogP contribution in [0.5, 0.6) is 5.75 Å². The molecule has 2 amide bonds. The summed E-state index contributed by atoms with van der Waals surface area (Å²) in [5, 5.41) is 6.25. The smallest absolute Gasteiger partial charge is 0.240 e. The third-order valence-corrected chi connectivity index (χ3v) is 4.81. The molecule has 0 bridgehead atoms. The molecule has 1 aliphatic carbocycles. The highest BCUT2D eigenvalue weighted by molar-refractivity contribution is 6.31. The first-order valence-electron chi connectivity index (χ1n) is 8.61. The van der Waals surface area contributed by atoms with Crippen molar-refractivity contribution >= 4 is 29.1 Å². The minimum Gasteiger partial charge on any atom is -0.494 e. The molecule has 2 aromatic rings. The van der Waals surface area contributed by atoms with Crippen molar-refractivity contribution in [3.8, 4) is 5.75 Å². The minimum absolute atomic E-state index is 0.263. The third kappa shape index (κ3) is 3.99. The molecule has 0 atom stereocenters. The molecule has 0 unspecified atom stereocenters. The van der Waals surface area contributed by atoms with Gasteiger partial charge in [0.05, 0.1) is 6.61 Å². The minimum atomic E-state index is -0.986. The highest BCUT2D eigenvalue weighted by atomic mass is 35.5. The van der Waals surface area contributed by atoms with E-state index in [-0.39, 0.29) is 11.8 Å². The number of hydrogen-bond acceptors (Lipinski definition) is 3. The van der Waals surface area contributed by atoms with Gasteiger partial charge in [-0.05, 0) is 55.7 Å². The molecule has 0 aromatic heterocycles. The van der Waals surface area contributed by atoms with Crippen LogP contribution >= 0.6 is 11.6 Å². The Bertz CT molecular complexity index is 801. The molecule has 0 spiro atoms. The van der Waals surface area contributed by atoms with E-state index in [4.69, 9.17) is 16.3 Å². The number of nitrogens with one attached hydrogen (secondary N) is 2. The second-order valence-electron chi connectivity index (χ2n) is 6.27. The zero-order chi connectivity index (χ0) is 18.6. The van der Waals surface area contributed by atoms with Gasteiger partial charge in [-0.2, -0.15) is 0 Å². The van der Waals surface area contributed by atoms with E-state index < -0.39 is 5.41 Å². The van der Waals surface area contributed by atoms with Crippen LogP contribution < -0.4 is 15.4 Å². The van der Waals surface area contributed by atoms with Crippen LogP contribution in [-0.4, -0.2) is 18.4 Å². The first-order chi connectivity index (χ1) is 12.5. The molecule has 2 N–H and O–H groups in total. The maximum absolute atomic E-state index is 12.6. The molecule has 2 aromatic carbocycles. The number of benzene rings is 2. The number of rotatable bonds is 7. The van der Waals surface area contributed by atoms with Crippen LogP contribution in [0.4, 0.5) is 5.69 Å². The molecule has 5 nitrogen and oxygen atoms in total. The van der Waals surface area contributed by atoms with Crippen molar-refractivity contribution < 1.29 is 14.3 Å². The Labute approximate surface area is 157 Å². The van der Waals surface area contributed by atoms with Crippen molar-refractivity contribution in [1.29, 1.82) is 0 Å². The molecule has 1 aliphatic rings. The average molecular weight is 373 g/mol. The summed E-state index contributed by atoms with van der Waals surface area (Å²) in [6, 6.07) is 14.4. The lowest BCUT2D eigenvalue weighted by molar-refractivity contribution is -0.134. The average Bonchev–Trinajstić information content (AvgIpc) is 3.45. The van der Waals surface area contributed by atoms with E-state index in [1.165, 1.54) is 0 Å². The van der Waals surface area contributed by atoms with Gasteiger partial charge in [0.1, 0.15) is 11.2 Å². The van der Waals surface area contributed by atoms with E-state index in [1.807, 2.05) is 25.1 Å². The van der Waals surface area contributed by atoms with Gasteiger partial charge in [-0.25, -0.2) is 0 Å².